The summed E-state index contributed by atoms with van der Waals surface area (Å²) in [6, 6.07) is 20.8. The van der Waals surface area contributed by atoms with Crippen LogP contribution in [0.1, 0.15) is 11.1 Å². The molecule has 3 aromatic rings. The molecule has 0 amide bonds. The highest BCUT2D eigenvalue weighted by molar-refractivity contribution is 5.66. The summed E-state index contributed by atoms with van der Waals surface area (Å²) in [5.41, 5.74) is 4.92. The van der Waals surface area contributed by atoms with Crippen LogP contribution in [0.5, 0.6) is 0 Å². The molecule has 0 saturated carbocycles. The van der Waals surface area contributed by atoms with Gasteiger partial charge in [0.25, 0.3) is 0 Å². The van der Waals surface area contributed by atoms with Crippen molar-refractivity contribution in [1.29, 1.82) is 0 Å². The number of hydrogen-bond donors (Lipinski definition) is 0. The summed E-state index contributed by atoms with van der Waals surface area (Å²) in [5, 5.41) is 0. The zero-order valence-electron chi connectivity index (χ0n) is 10.0. The summed E-state index contributed by atoms with van der Waals surface area (Å²) in [7, 11) is 0. The molecule has 88 valence electrons. The second kappa shape index (κ2) is 4.92. The van der Waals surface area contributed by atoms with Gasteiger partial charge in [0, 0.05) is 17.5 Å². The van der Waals surface area contributed by atoms with Gasteiger partial charge in [0.15, 0.2) is 0 Å². The average Bonchev–Trinajstić information content (AvgIpc) is 2.89. The van der Waals surface area contributed by atoms with Gasteiger partial charge in [0.2, 0.25) is 0 Å². The molecule has 0 spiro atoms. The zero-order valence-corrected chi connectivity index (χ0v) is 10.0. The largest absolute Gasteiger partial charge is 0.472 e. The standard InChI is InChI=1S/C17H14O/c1-3-7-14(8-4-1)11-16-12-18-13-17(16)15-9-5-2-6-10-15/h1-10,12-13H,11H2. The van der Waals surface area contributed by atoms with Crippen molar-refractivity contribution in [3.8, 4) is 11.1 Å². The van der Waals surface area contributed by atoms with E-state index >= 15 is 0 Å². The molecule has 0 radical (unpaired) electrons. The number of furan rings is 1. The molecule has 1 heteroatoms. The van der Waals surface area contributed by atoms with Gasteiger partial charge in [0.1, 0.15) is 0 Å². The molecule has 0 fully saturated rings. The zero-order chi connectivity index (χ0) is 12.2. The molecule has 2 aromatic carbocycles. The van der Waals surface area contributed by atoms with Crippen LogP contribution in [0, 0.1) is 0 Å². The van der Waals surface area contributed by atoms with Gasteiger partial charge in [-0.3, -0.25) is 0 Å². The fourth-order valence-corrected chi connectivity index (χ4v) is 2.15. The Bertz CT molecular complexity index is 608. The van der Waals surface area contributed by atoms with Crippen LogP contribution in [0.15, 0.2) is 77.6 Å². The van der Waals surface area contributed by atoms with E-state index in [1.165, 1.54) is 22.3 Å². The van der Waals surface area contributed by atoms with Crippen LogP contribution in [0.2, 0.25) is 0 Å². The minimum atomic E-state index is 0.904. The monoisotopic (exact) mass is 234 g/mol. The first-order chi connectivity index (χ1) is 8.93. The van der Waals surface area contributed by atoms with E-state index in [0.29, 0.717) is 0 Å². The lowest BCUT2D eigenvalue weighted by Gasteiger charge is -2.03. The number of hydrogen-bond acceptors (Lipinski definition) is 1. The summed E-state index contributed by atoms with van der Waals surface area (Å²) in [6.45, 7) is 0. The van der Waals surface area contributed by atoms with Crippen molar-refractivity contribution >= 4 is 0 Å². The second-order valence-corrected chi connectivity index (χ2v) is 4.34. The molecule has 18 heavy (non-hydrogen) atoms. The SMILES string of the molecule is c1ccc(Cc2cocc2-c2ccccc2)cc1. The van der Waals surface area contributed by atoms with Crippen LogP contribution in [0.3, 0.4) is 0 Å². The maximum Gasteiger partial charge on any atom is 0.0983 e. The van der Waals surface area contributed by atoms with Crippen LogP contribution in [-0.2, 0) is 6.42 Å². The van der Waals surface area contributed by atoms with Gasteiger partial charge in [-0.05, 0) is 11.1 Å². The van der Waals surface area contributed by atoms with Crippen molar-refractivity contribution in [2.24, 2.45) is 0 Å². The van der Waals surface area contributed by atoms with E-state index in [9.17, 15) is 0 Å². The number of benzene rings is 2. The molecule has 1 heterocycles. The van der Waals surface area contributed by atoms with E-state index in [0.717, 1.165) is 6.42 Å². The average molecular weight is 234 g/mol. The molecular weight excluding hydrogens is 220 g/mol. The molecule has 1 nitrogen and oxygen atoms in total. The molecule has 0 aliphatic heterocycles. The van der Waals surface area contributed by atoms with Gasteiger partial charge in [-0.1, -0.05) is 60.7 Å². The molecule has 3 rings (SSSR count). The molecule has 0 bridgehead atoms. The Morgan fingerprint density at radius 2 is 1.39 bits per heavy atom. The lowest BCUT2D eigenvalue weighted by Crippen LogP contribution is -1.88. The Morgan fingerprint density at radius 3 is 2.11 bits per heavy atom. The lowest BCUT2D eigenvalue weighted by molar-refractivity contribution is 0.565. The van der Waals surface area contributed by atoms with Crippen molar-refractivity contribution in [3.05, 3.63) is 84.3 Å². The maximum atomic E-state index is 5.37. The molecule has 0 aliphatic rings. The van der Waals surface area contributed by atoms with Crippen LogP contribution in [0.25, 0.3) is 11.1 Å². The van der Waals surface area contributed by atoms with E-state index in [2.05, 4.69) is 48.5 Å². The lowest BCUT2D eigenvalue weighted by atomic mass is 9.99. The third-order valence-corrected chi connectivity index (χ3v) is 3.06. The van der Waals surface area contributed by atoms with Crippen LogP contribution in [-0.4, -0.2) is 0 Å². The summed E-state index contributed by atoms with van der Waals surface area (Å²) < 4.78 is 5.37. The smallest absolute Gasteiger partial charge is 0.0983 e. The van der Waals surface area contributed by atoms with Gasteiger partial charge in [-0.2, -0.15) is 0 Å². The maximum absolute atomic E-state index is 5.37. The van der Waals surface area contributed by atoms with E-state index in [4.69, 9.17) is 4.42 Å². The fraction of sp³-hybridized carbons (Fsp3) is 0.0588. The van der Waals surface area contributed by atoms with E-state index in [-0.39, 0.29) is 0 Å². The van der Waals surface area contributed by atoms with Crippen molar-refractivity contribution in [1.82, 2.24) is 0 Å². The first-order valence-electron chi connectivity index (χ1n) is 6.08. The second-order valence-electron chi connectivity index (χ2n) is 4.34. The third-order valence-electron chi connectivity index (χ3n) is 3.06. The van der Waals surface area contributed by atoms with Gasteiger partial charge in [-0.15, -0.1) is 0 Å². The Balaban J connectivity index is 1.93. The van der Waals surface area contributed by atoms with Crippen LogP contribution in [0.4, 0.5) is 0 Å². The first-order valence-corrected chi connectivity index (χ1v) is 6.08. The highest BCUT2D eigenvalue weighted by atomic mass is 16.3. The highest BCUT2D eigenvalue weighted by Gasteiger charge is 2.07. The molecule has 0 N–H and O–H groups in total. The van der Waals surface area contributed by atoms with Crippen molar-refractivity contribution in [2.45, 2.75) is 6.42 Å². The van der Waals surface area contributed by atoms with E-state index in [1.807, 2.05) is 24.7 Å². The predicted octanol–water partition coefficient (Wildman–Crippen LogP) is 4.54. The minimum absolute atomic E-state index is 0.904. The van der Waals surface area contributed by atoms with Gasteiger partial charge in [0.05, 0.1) is 12.5 Å². The highest BCUT2D eigenvalue weighted by Crippen LogP contribution is 2.26. The summed E-state index contributed by atoms with van der Waals surface area (Å²) >= 11 is 0. The van der Waals surface area contributed by atoms with Crippen LogP contribution >= 0.6 is 0 Å². The number of rotatable bonds is 3. The Labute approximate surface area is 107 Å². The molecular formula is C17H14O. The third kappa shape index (κ3) is 2.21. The summed E-state index contributed by atoms with van der Waals surface area (Å²) in [5.74, 6) is 0. The van der Waals surface area contributed by atoms with E-state index in [1.54, 1.807) is 0 Å². The topological polar surface area (TPSA) is 13.1 Å². The Kier molecular flexibility index (Phi) is 2.97. The predicted molar refractivity (Wildman–Crippen MR) is 73.4 cm³/mol. The minimum Gasteiger partial charge on any atom is -0.472 e. The summed E-state index contributed by atoms with van der Waals surface area (Å²) in [6.07, 6.45) is 4.57. The fourth-order valence-electron chi connectivity index (χ4n) is 2.15. The molecule has 1 aromatic heterocycles. The van der Waals surface area contributed by atoms with Crippen LogP contribution < -0.4 is 0 Å². The van der Waals surface area contributed by atoms with Crippen molar-refractivity contribution in [3.63, 3.8) is 0 Å². The van der Waals surface area contributed by atoms with Gasteiger partial charge >= 0.3 is 0 Å². The van der Waals surface area contributed by atoms with E-state index < -0.39 is 0 Å². The molecule has 0 saturated heterocycles. The molecule has 0 aliphatic carbocycles. The van der Waals surface area contributed by atoms with Gasteiger partial charge in [-0.25, -0.2) is 0 Å². The van der Waals surface area contributed by atoms with Gasteiger partial charge < -0.3 is 4.42 Å². The summed E-state index contributed by atoms with van der Waals surface area (Å²) in [4.78, 5) is 0. The van der Waals surface area contributed by atoms with Crippen molar-refractivity contribution in [2.75, 3.05) is 0 Å². The normalized spacial score (nSPS) is 10.4. The first kappa shape index (κ1) is 10.8. The quantitative estimate of drug-likeness (QED) is 0.648. The Hall–Kier alpha value is -2.28. The Morgan fingerprint density at radius 1 is 0.722 bits per heavy atom. The molecule has 0 atom stereocenters. The van der Waals surface area contributed by atoms with Crippen molar-refractivity contribution < 1.29 is 4.42 Å². The molecule has 0 unspecified atom stereocenters.